The van der Waals surface area contributed by atoms with E-state index in [-0.39, 0.29) is 5.54 Å². The molecule has 1 aliphatic heterocycles. The van der Waals surface area contributed by atoms with Crippen LogP contribution in [0, 0.1) is 6.92 Å². The summed E-state index contributed by atoms with van der Waals surface area (Å²) in [5, 5.41) is 6.78. The number of nitrogens with zero attached hydrogens (tertiary/aromatic N) is 2. The van der Waals surface area contributed by atoms with Crippen LogP contribution in [-0.2, 0) is 0 Å². The molecule has 1 aromatic heterocycles. The van der Waals surface area contributed by atoms with Gasteiger partial charge in [0, 0.05) is 18.2 Å². The van der Waals surface area contributed by atoms with Crippen molar-refractivity contribution in [2.45, 2.75) is 25.8 Å². The highest BCUT2D eigenvalue weighted by atomic mass is 16.5. The van der Waals surface area contributed by atoms with Crippen LogP contribution in [0.1, 0.15) is 19.2 Å². The van der Waals surface area contributed by atoms with Crippen LogP contribution in [0.5, 0.6) is 5.88 Å². The van der Waals surface area contributed by atoms with Crippen molar-refractivity contribution < 1.29 is 4.74 Å². The van der Waals surface area contributed by atoms with Gasteiger partial charge in [-0.1, -0.05) is 0 Å². The first kappa shape index (κ1) is 11.1. The summed E-state index contributed by atoms with van der Waals surface area (Å²) in [7, 11) is 1.62. The second-order valence-electron chi connectivity index (χ2n) is 4.46. The molecule has 1 aliphatic rings. The Labute approximate surface area is 95.6 Å². The molecule has 2 N–H and O–H groups in total. The third-order valence-electron chi connectivity index (χ3n) is 2.82. The van der Waals surface area contributed by atoms with E-state index in [9.17, 15) is 0 Å². The molecule has 0 aromatic carbocycles. The summed E-state index contributed by atoms with van der Waals surface area (Å²) in [5.41, 5.74) is 0.0752. The number of ether oxygens (including phenoxy) is 1. The Morgan fingerprint density at radius 3 is 2.94 bits per heavy atom. The largest absolute Gasteiger partial charge is 0.481 e. The second-order valence-corrected chi connectivity index (χ2v) is 4.46. The molecule has 16 heavy (non-hydrogen) atoms. The predicted octanol–water partition coefficient (Wildman–Crippen LogP) is 0.958. The molecule has 1 fully saturated rings. The standard InChI is InChI=1S/C11H18N4O/c1-8-13-9(6-10(14-8)16-3)15-11(2)4-5-12-7-11/h6,12H,4-5,7H2,1-3H3,(H,13,14,15). The van der Waals surface area contributed by atoms with E-state index in [0.717, 1.165) is 31.2 Å². The topological polar surface area (TPSA) is 59.1 Å². The fraction of sp³-hybridized carbons (Fsp3) is 0.636. The maximum Gasteiger partial charge on any atom is 0.218 e. The van der Waals surface area contributed by atoms with Crippen molar-refractivity contribution >= 4 is 5.82 Å². The fourth-order valence-corrected chi connectivity index (χ4v) is 1.94. The number of rotatable bonds is 3. The SMILES string of the molecule is COc1cc(NC2(C)CCNC2)nc(C)n1. The van der Waals surface area contributed by atoms with E-state index in [1.54, 1.807) is 7.11 Å². The molecule has 5 nitrogen and oxygen atoms in total. The van der Waals surface area contributed by atoms with Crippen LogP contribution in [0.2, 0.25) is 0 Å². The van der Waals surface area contributed by atoms with E-state index in [2.05, 4.69) is 27.5 Å². The van der Waals surface area contributed by atoms with E-state index in [0.29, 0.717) is 5.88 Å². The van der Waals surface area contributed by atoms with Crippen LogP contribution in [0.3, 0.4) is 0 Å². The number of hydrogen-bond donors (Lipinski definition) is 2. The highest BCUT2D eigenvalue weighted by Crippen LogP contribution is 2.21. The molecule has 0 aliphatic carbocycles. The monoisotopic (exact) mass is 222 g/mol. The van der Waals surface area contributed by atoms with Gasteiger partial charge in [-0.05, 0) is 26.8 Å². The molecular formula is C11H18N4O. The summed E-state index contributed by atoms with van der Waals surface area (Å²) in [4.78, 5) is 8.52. The Morgan fingerprint density at radius 2 is 2.31 bits per heavy atom. The number of aromatic nitrogens is 2. The van der Waals surface area contributed by atoms with Gasteiger partial charge in [-0.15, -0.1) is 0 Å². The molecule has 1 aromatic rings. The van der Waals surface area contributed by atoms with Crippen molar-refractivity contribution in [1.82, 2.24) is 15.3 Å². The first-order valence-corrected chi connectivity index (χ1v) is 5.50. The van der Waals surface area contributed by atoms with E-state index in [1.807, 2.05) is 13.0 Å². The third kappa shape index (κ3) is 2.41. The quantitative estimate of drug-likeness (QED) is 0.797. The molecule has 0 saturated carbocycles. The maximum absolute atomic E-state index is 5.13. The lowest BCUT2D eigenvalue weighted by molar-refractivity contribution is 0.395. The van der Waals surface area contributed by atoms with Crippen molar-refractivity contribution in [2.24, 2.45) is 0 Å². The Hall–Kier alpha value is -1.36. The summed E-state index contributed by atoms with van der Waals surface area (Å²) < 4.78 is 5.13. The molecule has 5 heteroatoms. The van der Waals surface area contributed by atoms with Crippen LogP contribution in [-0.4, -0.2) is 35.7 Å². The molecule has 1 unspecified atom stereocenters. The maximum atomic E-state index is 5.13. The number of hydrogen-bond acceptors (Lipinski definition) is 5. The van der Waals surface area contributed by atoms with Gasteiger partial charge in [-0.3, -0.25) is 0 Å². The Morgan fingerprint density at radius 1 is 1.50 bits per heavy atom. The molecule has 88 valence electrons. The van der Waals surface area contributed by atoms with Crippen LogP contribution in [0.4, 0.5) is 5.82 Å². The zero-order chi connectivity index (χ0) is 11.6. The van der Waals surface area contributed by atoms with Crippen LogP contribution < -0.4 is 15.4 Å². The lowest BCUT2D eigenvalue weighted by Crippen LogP contribution is -2.37. The summed E-state index contributed by atoms with van der Waals surface area (Å²) in [5.74, 6) is 2.15. The van der Waals surface area contributed by atoms with Gasteiger partial charge in [0.25, 0.3) is 0 Å². The zero-order valence-electron chi connectivity index (χ0n) is 10.0. The van der Waals surface area contributed by atoms with Crippen LogP contribution in [0.15, 0.2) is 6.07 Å². The number of methoxy groups -OCH3 is 1. The Kier molecular flexibility index (Phi) is 2.96. The number of aryl methyl sites for hydroxylation is 1. The van der Waals surface area contributed by atoms with Crippen molar-refractivity contribution in [2.75, 3.05) is 25.5 Å². The highest BCUT2D eigenvalue weighted by Gasteiger charge is 2.28. The number of anilines is 1. The van der Waals surface area contributed by atoms with Gasteiger partial charge < -0.3 is 15.4 Å². The van der Waals surface area contributed by atoms with E-state index in [1.165, 1.54) is 0 Å². The molecular weight excluding hydrogens is 204 g/mol. The predicted molar refractivity (Wildman–Crippen MR) is 62.8 cm³/mol. The first-order valence-electron chi connectivity index (χ1n) is 5.50. The minimum Gasteiger partial charge on any atom is -0.481 e. The van der Waals surface area contributed by atoms with Crippen molar-refractivity contribution in [1.29, 1.82) is 0 Å². The van der Waals surface area contributed by atoms with Gasteiger partial charge in [-0.25, -0.2) is 4.98 Å². The summed E-state index contributed by atoms with van der Waals surface area (Å²) in [6.07, 6.45) is 1.10. The lowest BCUT2D eigenvalue weighted by Gasteiger charge is -2.25. The van der Waals surface area contributed by atoms with Crippen molar-refractivity contribution in [3.63, 3.8) is 0 Å². The molecule has 0 spiro atoms. The smallest absolute Gasteiger partial charge is 0.218 e. The Bertz CT molecular complexity index is 374. The molecule has 0 bridgehead atoms. The average Bonchev–Trinajstić information content (AvgIpc) is 2.63. The van der Waals surface area contributed by atoms with E-state index in [4.69, 9.17) is 4.74 Å². The fourth-order valence-electron chi connectivity index (χ4n) is 1.94. The average molecular weight is 222 g/mol. The molecule has 2 heterocycles. The second kappa shape index (κ2) is 4.25. The van der Waals surface area contributed by atoms with Gasteiger partial charge in [0.15, 0.2) is 0 Å². The first-order chi connectivity index (χ1) is 7.61. The molecule has 0 amide bonds. The summed E-state index contributed by atoms with van der Waals surface area (Å²) in [6.45, 7) is 6.06. The third-order valence-corrected chi connectivity index (χ3v) is 2.82. The van der Waals surface area contributed by atoms with Gasteiger partial charge in [-0.2, -0.15) is 4.98 Å². The minimum absolute atomic E-state index is 0.0752. The Balaban J connectivity index is 2.17. The van der Waals surface area contributed by atoms with Gasteiger partial charge in [0.2, 0.25) is 5.88 Å². The zero-order valence-corrected chi connectivity index (χ0v) is 10.0. The normalized spacial score (nSPS) is 24.4. The van der Waals surface area contributed by atoms with Gasteiger partial charge in [0.05, 0.1) is 7.11 Å². The highest BCUT2D eigenvalue weighted by molar-refractivity contribution is 5.41. The summed E-state index contributed by atoms with van der Waals surface area (Å²) in [6, 6.07) is 1.83. The molecule has 2 rings (SSSR count). The number of nitrogens with one attached hydrogen (secondary N) is 2. The van der Waals surface area contributed by atoms with Crippen LogP contribution in [0.25, 0.3) is 0 Å². The van der Waals surface area contributed by atoms with E-state index < -0.39 is 0 Å². The van der Waals surface area contributed by atoms with Gasteiger partial charge in [0.1, 0.15) is 11.6 Å². The van der Waals surface area contributed by atoms with Gasteiger partial charge >= 0.3 is 0 Å². The lowest BCUT2D eigenvalue weighted by atomic mass is 10.0. The minimum atomic E-state index is 0.0752. The van der Waals surface area contributed by atoms with E-state index >= 15 is 0 Å². The van der Waals surface area contributed by atoms with Crippen LogP contribution >= 0.6 is 0 Å². The van der Waals surface area contributed by atoms with Crippen molar-refractivity contribution in [3.05, 3.63) is 11.9 Å². The molecule has 1 saturated heterocycles. The van der Waals surface area contributed by atoms with Crippen molar-refractivity contribution in [3.8, 4) is 5.88 Å². The molecule has 0 radical (unpaired) electrons. The molecule has 1 atom stereocenters. The summed E-state index contributed by atoms with van der Waals surface area (Å²) >= 11 is 0.